The number of hydrogen-bond acceptors (Lipinski definition) is 8. The molecule has 3 aliphatic heterocycles. The Bertz CT molecular complexity index is 2270. The van der Waals surface area contributed by atoms with Crippen molar-refractivity contribution in [3.63, 3.8) is 0 Å². The average Bonchev–Trinajstić information content (AvgIpc) is 4.22. The Morgan fingerprint density at radius 3 is 1.93 bits per heavy atom. The minimum absolute atomic E-state index is 0.0133. The van der Waals surface area contributed by atoms with Gasteiger partial charge in [0.25, 0.3) is 0 Å². The van der Waals surface area contributed by atoms with Gasteiger partial charge < -0.3 is 34.2 Å². The molecule has 11 rings (SSSR count). The molecule has 14 unspecified atom stereocenters. The number of nitrogens with one attached hydrogen (secondary N) is 1. The van der Waals surface area contributed by atoms with Gasteiger partial charge in [0, 0.05) is 74.4 Å². The van der Waals surface area contributed by atoms with Crippen molar-refractivity contribution in [2.75, 3.05) is 65.6 Å². The van der Waals surface area contributed by atoms with Crippen LogP contribution in [0.3, 0.4) is 0 Å². The van der Waals surface area contributed by atoms with Crippen LogP contribution in [0.4, 0.5) is 0 Å². The second-order valence-electron chi connectivity index (χ2n) is 25.1. The zero-order chi connectivity index (χ0) is 49.0. The molecule has 0 aromatic heterocycles. The highest BCUT2D eigenvalue weighted by molar-refractivity contribution is 5.95. The summed E-state index contributed by atoms with van der Waals surface area (Å²) in [6, 6.07) is 15.1. The van der Waals surface area contributed by atoms with E-state index in [1.165, 1.54) is 61.0 Å². The lowest BCUT2D eigenvalue weighted by Gasteiger charge is -2.51. The van der Waals surface area contributed by atoms with Gasteiger partial charge in [-0.15, -0.1) is 0 Å². The highest BCUT2D eigenvalue weighted by atomic mass is 16.5. The Hall–Kier alpha value is -3.47. The molecule has 2 amide bonds. The molecule has 7 fully saturated rings. The van der Waals surface area contributed by atoms with Crippen LogP contribution in [0.25, 0.3) is 0 Å². The number of aryl methyl sites for hydroxylation is 2. The molecule has 10 heteroatoms. The summed E-state index contributed by atoms with van der Waals surface area (Å²) >= 11 is 0. The Kier molecular flexibility index (Phi) is 14.5. The van der Waals surface area contributed by atoms with Crippen LogP contribution in [-0.2, 0) is 32.0 Å². The number of fused-ring (bicyclic) bond motifs is 10. The first kappa shape index (κ1) is 49.7. The van der Waals surface area contributed by atoms with Crippen LogP contribution in [0.15, 0.2) is 36.4 Å². The number of hydrogen-bond donors (Lipinski definition) is 1. The third kappa shape index (κ3) is 9.42. The van der Waals surface area contributed by atoms with Crippen LogP contribution >= 0.6 is 0 Å². The minimum atomic E-state index is -0.422. The summed E-state index contributed by atoms with van der Waals surface area (Å²) < 4.78 is 19.8. The average molecular weight is 973 g/mol. The van der Waals surface area contributed by atoms with Crippen LogP contribution in [0.5, 0.6) is 11.5 Å². The number of ketones is 1. The van der Waals surface area contributed by atoms with E-state index in [1.54, 1.807) is 0 Å². The molecule has 388 valence electrons. The standard InChI is InChI=1S/C61H88N4O6/c1-6-62-58(67)52-36-55(61(5)25-22-49-47-20-16-45(33-42(47)13-17-50(49)56(52)61)70-32-10-29-64-27-8-12-40(64)3)71-38-41-23-30-65(37-41)59(68)53-35-54(66)60(4)24-21-48-46-19-15-44(34-43(46)14-18-51(48)57(53)60)69-31-9-28-63-26-7-11-39(63)2/h15-16,19-20,33-34,39-41,48-53,55-57H,6-14,17-18,21-32,35-38H2,1-5H3,(H,62,67). The first-order valence-corrected chi connectivity index (χ1v) is 29.1. The van der Waals surface area contributed by atoms with Crippen LogP contribution in [0.1, 0.15) is 165 Å². The first-order valence-electron chi connectivity index (χ1n) is 29.1. The summed E-state index contributed by atoms with van der Waals surface area (Å²) in [6.45, 7) is 20.2. The number of nitrogens with zero attached hydrogens (tertiary/aromatic N) is 3. The highest BCUT2D eigenvalue weighted by Crippen LogP contribution is 2.65. The van der Waals surface area contributed by atoms with Gasteiger partial charge in [-0.25, -0.2) is 0 Å². The van der Waals surface area contributed by atoms with Crippen LogP contribution < -0.4 is 14.8 Å². The van der Waals surface area contributed by atoms with Gasteiger partial charge in [-0.2, -0.15) is 0 Å². The van der Waals surface area contributed by atoms with Crippen molar-refractivity contribution in [2.45, 2.75) is 174 Å². The predicted octanol–water partition coefficient (Wildman–Crippen LogP) is 10.00. The molecular formula is C61H88N4O6. The van der Waals surface area contributed by atoms with E-state index in [0.29, 0.717) is 67.7 Å². The Labute approximate surface area is 426 Å². The smallest absolute Gasteiger partial charge is 0.226 e. The zero-order valence-electron chi connectivity index (χ0n) is 44.3. The number of carbonyl (C=O) groups is 3. The van der Waals surface area contributed by atoms with Crippen molar-refractivity contribution in [2.24, 2.45) is 52.3 Å². The van der Waals surface area contributed by atoms with Gasteiger partial charge in [-0.1, -0.05) is 26.0 Å². The van der Waals surface area contributed by atoms with E-state index in [2.05, 4.69) is 84.1 Å². The van der Waals surface area contributed by atoms with Gasteiger partial charge in [0.2, 0.25) is 11.8 Å². The van der Waals surface area contributed by atoms with Crippen molar-refractivity contribution < 1.29 is 28.6 Å². The number of amides is 2. The van der Waals surface area contributed by atoms with Crippen molar-refractivity contribution >= 4 is 17.6 Å². The van der Waals surface area contributed by atoms with E-state index in [4.69, 9.17) is 14.2 Å². The summed E-state index contributed by atoms with van der Waals surface area (Å²) in [4.78, 5) is 50.2. The molecule has 14 atom stereocenters. The van der Waals surface area contributed by atoms with Crippen LogP contribution in [0.2, 0.25) is 0 Å². The molecule has 0 bridgehead atoms. The van der Waals surface area contributed by atoms with Gasteiger partial charge in [-0.3, -0.25) is 14.4 Å². The zero-order valence-corrected chi connectivity index (χ0v) is 44.3. The quantitative estimate of drug-likeness (QED) is 0.166. The van der Waals surface area contributed by atoms with E-state index < -0.39 is 5.41 Å². The second-order valence-corrected chi connectivity index (χ2v) is 25.1. The fraction of sp³-hybridized carbons (Fsp3) is 0.754. The number of ether oxygens (including phenoxy) is 3. The first-order chi connectivity index (χ1) is 34.4. The maximum atomic E-state index is 14.8. The lowest BCUT2D eigenvalue weighted by atomic mass is 9.54. The summed E-state index contributed by atoms with van der Waals surface area (Å²) in [7, 11) is 0. The Morgan fingerprint density at radius 1 is 0.732 bits per heavy atom. The SMILES string of the molecule is CCNC(=O)C1CC(OCC2CCN(C(=O)C3CC(=O)C4(C)CCC5c6ccc(OCCCN7CCCC7C)cc6CCC5C34)C2)C2(C)CCC3c4ccc(OCCCN5CCCC5C)cc4CCC3C12. The fourth-order valence-corrected chi connectivity index (χ4v) is 17.5. The van der Waals surface area contributed by atoms with Crippen LogP contribution in [0, 0.1) is 52.3 Å². The molecule has 0 spiro atoms. The highest BCUT2D eigenvalue weighted by Gasteiger charge is 2.63. The summed E-state index contributed by atoms with van der Waals surface area (Å²) in [5.74, 6) is 4.64. The molecule has 3 saturated heterocycles. The Balaban J connectivity index is 0.706. The van der Waals surface area contributed by atoms with Crippen molar-refractivity contribution in [3.8, 4) is 11.5 Å². The molecule has 6 aliphatic carbocycles. The second kappa shape index (κ2) is 20.7. The Morgan fingerprint density at radius 2 is 1.34 bits per heavy atom. The van der Waals surface area contributed by atoms with Gasteiger partial charge >= 0.3 is 0 Å². The number of likely N-dealkylation sites (tertiary alicyclic amines) is 3. The maximum Gasteiger partial charge on any atom is 0.226 e. The third-order valence-electron chi connectivity index (χ3n) is 21.3. The number of rotatable bonds is 16. The maximum absolute atomic E-state index is 14.8. The fourth-order valence-electron chi connectivity index (χ4n) is 17.5. The van der Waals surface area contributed by atoms with E-state index >= 15 is 0 Å². The minimum Gasteiger partial charge on any atom is -0.494 e. The lowest BCUT2D eigenvalue weighted by molar-refractivity contribution is -0.138. The molecule has 71 heavy (non-hydrogen) atoms. The van der Waals surface area contributed by atoms with E-state index in [9.17, 15) is 14.4 Å². The largest absolute Gasteiger partial charge is 0.494 e. The lowest BCUT2D eigenvalue weighted by Crippen LogP contribution is -2.48. The molecule has 2 aromatic carbocycles. The molecule has 1 N–H and O–H groups in total. The normalized spacial score (nSPS) is 37.5. The summed E-state index contributed by atoms with van der Waals surface area (Å²) in [5, 5.41) is 3.25. The van der Waals surface area contributed by atoms with Crippen LogP contribution in [-0.4, -0.2) is 116 Å². The van der Waals surface area contributed by atoms with E-state index in [1.807, 2.05) is 6.92 Å². The van der Waals surface area contributed by atoms with Crippen molar-refractivity contribution in [1.82, 2.24) is 20.0 Å². The van der Waals surface area contributed by atoms with Crippen molar-refractivity contribution in [3.05, 3.63) is 58.7 Å². The molecule has 4 saturated carbocycles. The monoisotopic (exact) mass is 973 g/mol. The molecule has 2 aromatic rings. The molecule has 0 radical (unpaired) electrons. The topological polar surface area (TPSA) is 101 Å². The van der Waals surface area contributed by atoms with Gasteiger partial charge in [0.05, 0.1) is 25.9 Å². The summed E-state index contributed by atoms with van der Waals surface area (Å²) in [5.41, 5.74) is 5.24. The molecular weight excluding hydrogens is 885 g/mol. The van der Waals surface area contributed by atoms with Gasteiger partial charge in [0.1, 0.15) is 17.3 Å². The van der Waals surface area contributed by atoms with Crippen molar-refractivity contribution in [1.29, 1.82) is 0 Å². The summed E-state index contributed by atoms with van der Waals surface area (Å²) in [6.07, 6.45) is 17.6. The number of carbonyl (C=O) groups excluding carboxylic acids is 3. The third-order valence-corrected chi connectivity index (χ3v) is 21.3. The number of benzene rings is 2. The van der Waals surface area contributed by atoms with Gasteiger partial charge in [-0.05, 0) is 224 Å². The molecule has 3 heterocycles. The van der Waals surface area contributed by atoms with Gasteiger partial charge in [0.15, 0.2) is 0 Å². The van der Waals surface area contributed by atoms with E-state index in [0.717, 1.165) is 121 Å². The molecule has 10 nitrogen and oxygen atoms in total. The number of Topliss-reactive ketones (excluding diaryl/α,β-unsaturated/α-hetero) is 1. The predicted molar refractivity (Wildman–Crippen MR) is 279 cm³/mol. The molecule has 9 aliphatic rings. The van der Waals surface area contributed by atoms with E-state index in [-0.39, 0.29) is 52.9 Å².